The molecule has 0 aromatic carbocycles. The summed E-state index contributed by atoms with van der Waals surface area (Å²) >= 11 is 0. The van der Waals surface area contributed by atoms with Gasteiger partial charge in [-0.15, -0.1) is 0 Å². The number of primary amides is 1. The van der Waals surface area contributed by atoms with E-state index in [1.54, 1.807) is 6.92 Å². The standard InChI is InChI=1S/C9H16N2O3/c1-6(3-9(13)14)5-11-7(2)4-8(10)12/h3,7,11H,4-5H2,1-2H3,(H2,10,12)(H,13,14). The smallest absolute Gasteiger partial charge is 0.328 e. The van der Waals surface area contributed by atoms with Crippen LogP contribution in [0.1, 0.15) is 20.3 Å². The fourth-order valence-electron chi connectivity index (χ4n) is 0.971. The third-order valence-corrected chi connectivity index (χ3v) is 1.61. The molecule has 5 heteroatoms. The lowest BCUT2D eigenvalue weighted by Gasteiger charge is -2.11. The van der Waals surface area contributed by atoms with Crippen LogP contribution in [-0.2, 0) is 9.59 Å². The minimum absolute atomic E-state index is 0.0374. The van der Waals surface area contributed by atoms with Crippen molar-refractivity contribution < 1.29 is 14.7 Å². The summed E-state index contributed by atoms with van der Waals surface area (Å²) in [6, 6.07) is -0.0374. The molecule has 0 saturated carbocycles. The molecule has 1 amide bonds. The van der Waals surface area contributed by atoms with E-state index in [4.69, 9.17) is 10.8 Å². The molecule has 0 aliphatic heterocycles. The maximum Gasteiger partial charge on any atom is 0.328 e. The fourth-order valence-corrected chi connectivity index (χ4v) is 0.971. The molecular formula is C9H16N2O3. The SMILES string of the molecule is CC(=CC(=O)O)CNC(C)CC(N)=O. The highest BCUT2D eigenvalue weighted by Crippen LogP contribution is 1.93. The highest BCUT2D eigenvalue weighted by molar-refractivity contribution is 5.80. The van der Waals surface area contributed by atoms with Gasteiger partial charge in [-0.1, -0.05) is 5.57 Å². The summed E-state index contributed by atoms with van der Waals surface area (Å²) in [6.07, 6.45) is 1.38. The van der Waals surface area contributed by atoms with Gasteiger partial charge in [-0.2, -0.15) is 0 Å². The summed E-state index contributed by atoms with van der Waals surface area (Å²) in [6.45, 7) is 3.97. The molecule has 0 radical (unpaired) electrons. The number of carbonyl (C=O) groups excluding carboxylic acids is 1. The van der Waals surface area contributed by atoms with Gasteiger partial charge in [-0.05, 0) is 13.8 Å². The first-order valence-electron chi connectivity index (χ1n) is 4.33. The summed E-state index contributed by atoms with van der Waals surface area (Å²) in [5.41, 5.74) is 5.70. The average Bonchev–Trinajstić information content (AvgIpc) is 1.98. The van der Waals surface area contributed by atoms with Crippen LogP contribution >= 0.6 is 0 Å². The molecule has 0 spiro atoms. The van der Waals surface area contributed by atoms with Crippen LogP contribution in [0, 0.1) is 0 Å². The summed E-state index contributed by atoms with van der Waals surface area (Å²) in [5, 5.41) is 11.4. The monoisotopic (exact) mass is 200 g/mol. The molecule has 0 saturated heterocycles. The van der Waals surface area contributed by atoms with Gasteiger partial charge in [0.2, 0.25) is 5.91 Å². The van der Waals surface area contributed by atoms with Crippen molar-refractivity contribution in [3.63, 3.8) is 0 Å². The first kappa shape index (κ1) is 12.6. The zero-order chi connectivity index (χ0) is 11.1. The second-order valence-electron chi connectivity index (χ2n) is 3.28. The number of rotatable bonds is 6. The van der Waals surface area contributed by atoms with Gasteiger partial charge in [-0.3, -0.25) is 4.79 Å². The number of carboxylic acid groups (broad SMARTS) is 1. The van der Waals surface area contributed by atoms with E-state index in [9.17, 15) is 9.59 Å². The van der Waals surface area contributed by atoms with Crippen LogP contribution in [0.2, 0.25) is 0 Å². The van der Waals surface area contributed by atoms with Gasteiger partial charge in [0.15, 0.2) is 0 Å². The van der Waals surface area contributed by atoms with Crippen molar-refractivity contribution in [3.8, 4) is 0 Å². The Labute approximate surface area is 83.0 Å². The van der Waals surface area contributed by atoms with E-state index in [1.807, 2.05) is 6.92 Å². The van der Waals surface area contributed by atoms with Crippen molar-refractivity contribution in [1.29, 1.82) is 0 Å². The molecule has 1 unspecified atom stereocenters. The summed E-state index contributed by atoms with van der Waals surface area (Å²) in [5.74, 6) is -1.34. The van der Waals surface area contributed by atoms with Crippen LogP contribution < -0.4 is 11.1 Å². The Balaban J connectivity index is 3.82. The fraction of sp³-hybridized carbons (Fsp3) is 0.556. The maximum absolute atomic E-state index is 10.5. The molecule has 0 aromatic rings. The quantitative estimate of drug-likeness (QED) is 0.521. The molecule has 5 nitrogen and oxygen atoms in total. The number of nitrogens with two attached hydrogens (primary N) is 1. The average molecular weight is 200 g/mol. The maximum atomic E-state index is 10.5. The van der Waals surface area contributed by atoms with Crippen LogP contribution in [-0.4, -0.2) is 29.6 Å². The van der Waals surface area contributed by atoms with Gasteiger partial charge in [-0.25, -0.2) is 4.79 Å². The largest absolute Gasteiger partial charge is 0.478 e. The van der Waals surface area contributed by atoms with E-state index in [2.05, 4.69) is 5.32 Å². The zero-order valence-electron chi connectivity index (χ0n) is 8.41. The predicted molar refractivity (Wildman–Crippen MR) is 52.7 cm³/mol. The highest BCUT2D eigenvalue weighted by Gasteiger charge is 2.04. The molecule has 0 aliphatic rings. The van der Waals surface area contributed by atoms with Crippen molar-refractivity contribution in [1.82, 2.24) is 5.32 Å². The van der Waals surface area contributed by atoms with E-state index in [-0.39, 0.29) is 18.4 Å². The van der Waals surface area contributed by atoms with Crippen LogP contribution in [0.25, 0.3) is 0 Å². The highest BCUT2D eigenvalue weighted by atomic mass is 16.4. The Morgan fingerprint density at radius 1 is 1.57 bits per heavy atom. The number of hydrogen-bond donors (Lipinski definition) is 3. The molecule has 0 rings (SSSR count). The van der Waals surface area contributed by atoms with E-state index in [0.717, 1.165) is 6.08 Å². The molecular weight excluding hydrogens is 184 g/mol. The van der Waals surface area contributed by atoms with Gasteiger partial charge in [0, 0.05) is 25.1 Å². The number of amides is 1. The molecule has 0 aliphatic carbocycles. The third-order valence-electron chi connectivity index (χ3n) is 1.61. The summed E-state index contributed by atoms with van der Waals surface area (Å²) in [4.78, 5) is 20.8. The van der Waals surface area contributed by atoms with Crippen molar-refractivity contribution in [2.75, 3.05) is 6.54 Å². The summed E-state index contributed by atoms with van der Waals surface area (Å²) in [7, 11) is 0. The Morgan fingerprint density at radius 2 is 2.14 bits per heavy atom. The van der Waals surface area contributed by atoms with E-state index in [0.29, 0.717) is 12.1 Å². The zero-order valence-corrected chi connectivity index (χ0v) is 8.41. The van der Waals surface area contributed by atoms with Crippen LogP contribution in [0.15, 0.2) is 11.6 Å². The van der Waals surface area contributed by atoms with Crippen molar-refractivity contribution in [3.05, 3.63) is 11.6 Å². The molecule has 0 bridgehead atoms. The second-order valence-corrected chi connectivity index (χ2v) is 3.28. The van der Waals surface area contributed by atoms with E-state index >= 15 is 0 Å². The first-order chi connectivity index (χ1) is 6.41. The van der Waals surface area contributed by atoms with Crippen LogP contribution in [0.3, 0.4) is 0 Å². The Bertz CT molecular complexity index is 248. The van der Waals surface area contributed by atoms with Crippen LogP contribution in [0.4, 0.5) is 0 Å². The normalized spacial score (nSPS) is 13.7. The van der Waals surface area contributed by atoms with Gasteiger partial charge >= 0.3 is 5.97 Å². The molecule has 1 atom stereocenters. The van der Waals surface area contributed by atoms with E-state index < -0.39 is 5.97 Å². The van der Waals surface area contributed by atoms with Gasteiger partial charge in [0.05, 0.1) is 0 Å². The van der Waals surface area contributed by atoms with Crippen molar-refractivity contribution >= 4 is 11.9 Å². The van der Waals surface area contributed by atoms with Gasteiger partial charge < -0.3 is 16.2 Å². The Hall–Kier alpha value is -1.36. The summed E-state index contributed by atoms with van der Waals surface area (Å²) < 4.78 is 0. The van der Waals surface area contributed by atoms with Gasteiger partial charge in [0.1, 0.15) is 0 Å². The number of carbonyl (C=O) groups is 2. The molecule has 80 valence electrons. The van der Waals surface area contributed by atoms with Gasteiger partial charge in [0.25, 0.3) is 0 Å². The van der Waals surface area contributed by atoms with Crippen molar-refractivity contribution in [2.45, 2.75) is 26.3 Å². The lowest BCUT2D eigenvalue weighted by Crippen LogP contribution is -2.32. The molecule has 0 heterocycles. The second kappa shape index (κ2) is 6.15. The Kier molecular flexibility index (Phi) is 5.55. The minimum Gasteiger partial charge on any atom is -0.478 e. The molecule has 0 aromatic heterocycles. The lowest BCUT2D eigenvalue weighted by atomic mass is 10.2. The van der Waals surface area contributed by atoms with Crippen LogP contribution in [0.5, 0.6) is 0 Å². The third kappa shape index (κ3) is 7.30. The van der Waals surface area contributed by atoms with Crippen molar-refractivity contribution in [2.24, 2.45) is 5.73 Å². The number of nitrogens with one attached hydrogen (secondary N) is 1. The lowest BCUT2D eigenvalue weighted by molar-refractivity contribution is -0.131. The number of carboxylic acids is 1. The molecule has 14 heavy (non-hydrogen) atoms. The number of hydrogen-bond acceptors (Lipinski definition) is 3. The predicted octanol–water partition coefficient (Wildman–Crippen LogP) is -0.129. The Morgan fingerprint density at radius 3 is 2.57 bits per heavy atom. The minimum atomic E-state index is -0.966. The molecule has 4 N–H and O–H groups in total. The topological polar surface area (TPSA) is 92.4 Å². The van der Waals surface area contributed by atoms with E-state index in [1.165, 1.54) is 0 Å². The molecule has 0 fully saturated rings. The number of aliphatic carboxylic acids is 1. The first-order valence-corrected chi connectivity index (χ1v) is 4.33.